The number of aromatic nitrogens is 2. The Morgan fingerprint density at radius 2 is 2.05 bits per heavy atom. The summed E-state index contributed by atoms with van der Waals surface area (Å²) in [6.45, 7) is 3.34. The van der Waals surface area contributed by atoms with Crippen LogP contribution in [0.3, 0.4) is 0 Å². The Labute approximate surface area is 114 Å². The van der Waals surface area contributed by atoms with Crippen LogP contribution in [0.2, 0.25) is 0 Å². The first-order valence-corrected chi connectivity index (χ1v) is 5.64. The molecule has 0 aliphatic carbocycles. The van der Waals surface area contributed by atoms with Gasteiger partial charge in [0.25, 0.3) is 17.1 Å². The van der Waals surface area contributed by atoms with Crippen LogP contribution in [-0.2, 0) is 16.9 Å². The molecule has 108 valence electrons. The molecule has 6 nitrogen and oxygen atoms in total. The van der Waals surface area contributed by atoms with Gasteiger partial charge >= 0.3 is 6.18 Å². The molecule has 1 unspecified atom stereocenters. The highest BCUT2D eigenvalue weighted by atomic mass is 32.1. The van der Waals surface area contributed by atoms with Crippen LogP contribution in [0.25, 0.3) is 0 Å². The van der Waals surface area contributed by atoms with E-state index in [-0.39, 0.29) is 11.3 Å². The molecule has 1 aromatic heterocycles. The molecule has 2 heterocycles. The number of carbonyl (C=O) groups is 1. The number of carbonyl (C=O) groups excluding carboxylic acids is 1. The number of fused-ring (bicyclic) bond motifs is 1. The van der Waals surface area contributed by atoms with Crippen molar-refractivity contribution in [1.29, 1.82) is 0 Å². The summed E-state index contributed by atoms with van der Waals surface area (Å²) < 4.78 is 39.7. The lowest BCUT2D eigenvalue weighted by Gasteiger charge is -2.22. The maximum Gasteiger partial charge on any atom is 0.431 e. The highest BCUT2D eigenvalue weighted by molar-refractivity contribution is 7.71. The van der Waals surface area contributed by atoms with E-state index in [4.69, 9.17) is 12.2 Å². The zero-order valence-corrected chi connectivity index (χ0v) is 10.6. The van der Waals surface area contributed by atoms with Crippen molar-refractivity contribution in [3.05, 3.63) is 33.3 Å². The van der Waals surface area contributed by atoms with Crippen molar-refractivity contribution in [3.8, 4) is 0 Å². The summed E-state index contributed by atoms with van der Waals surface area (Å²) in [4.78, 5) is 25.2. The Bertz CT molecular complexity index is 721. The number of aromatic amines is 1. The first-order chi connectivity index (χ1) is 9.14. The number of allylic oxidation sites excluding steroid dienone is 1. The van der Waals surface area contributed by atoms with Gasteiger partial charge in [0.15, 0.2) is 4.77 Å². The van der Waals surface area contributed by atoms with E-state index in [1.807, 2.05) is 10.3 Å². The van der Waals surface area contributed by atoms with Gasteiger partial charge in [0, 0.05) is 6.54 Å². The first-order valence-electron chi connectivity index (χ1n) is 5.23. The van der Waals surface area contributed by atoms with E-state index in [2.05, 4.69) is 6.58 Å². The van der Waals surface area contributed by atoms with Crippen molar-refractivity contribution in [2.45, 2.75) is 18.3 Å². The highest BCUT2D eigenvalue weighted by Gasteiger charge is 2.66. The number of hydrogen-bond acceptors (Lipinski definition) is 4. The number of H-pyrrole nitrogens is 1. The molecular formula is C10H8F3N3O3S. The fourth-order valence-corrected chi connectivity index (χ4v) is 2.18. The van der Waals surface area contributed by atoms with Crippen molar-refractivity contribution >= 4 is 23.9 Å². The number of rotatable bonds is 2. The molecule has 0 saturated carbocycles. The van der Waals surface area contributed by atoms with Crippen LogP contribution in [-0.4, -0.2) is 26.7 Å². The fourth-order valence-electron chi connectivity index (χ4n) is 1.92. The number of amides is 1. The van der Waals surface area contributed by atoms with Crippen LogP contribution in [0, 0.1) is 4.77 Å². The summed E-state index contributed by atoms with van der Waals surface area (Å²) in [7, 11) is 0. The van der Waals surface area contributed by atoms with Crippen LogP contribution in [0.4, 0.5) is 19.0 Å². The summed E-state index contributed by atoms with van der Waals surface area (Å²) in [5, 5.41) is 11.5. The minimum atomic E-state index is -5.34. The molecule has 0 bridgehead atoms. The molecule has 2 rings (SSSR count). The highest BCUT2D eigenvalue weighted by Crippen LogP contribution is 2.44. The largest absolute Gasteiger partial charge is 0.431 e. The number of nitrogens with one attached hydrogen (secondary N) is 2. The summed E-state index contributed by atoms with van der Waals surface area (Å²) in [6, 6.07) is 0. The zero-order valence-electron chi connectivity index (χ0n) is 9.74. The monoisotopic (exact) mass is 307 g/mol. The van der Waals surface area contributed by atoms with E-state index in [0.29, 0.717) is 0 Å². The van der Waals surface area contributed by atoms with E-state index >= 15 is 0 Å². The molecule has 0 fully saturated rings. The Morgan fingerprint density at radius 3 is 2.55 bits per heavy atom. The Kier molecular flexibility index (Phi) is 3.10. The second-order valence-electron chi connectivity index (χ2n) is 4.04. The average molecular weight is 307 g/mol. The summed E-state index contributed by atoms with van der Waals surface area (Å²) in [5.74, 6) is -2.23. The van der Waals surface area contributed by atoms with Gasteiger partial charge in [-0.1, -0.05) is 6.08 Å². The molecule has 1 aliphatic heterocycles. The van der Waals surface area contributed by atoms with Crippen molar-refractivity contribution in [3.63, 3.8) is 0 Å². The van der Waals surface area contributed by atoms with Crippen LogP contribution in [0.1, 0.15) is 5.56 Å². The number of alkyl halides is 3. The predicted molar refractivity (Wildman–Crippen MR) is 64.7 cm³/mol. The van der Waals surface area contributed by atoms with E-state index in [1.54, 1.807) is 0 Å². The molecule has 0 radical (unpaired) electrons. The van der Waals surface area contributed by atoms with Crippen LogP contribution >= 0.6 is 12.2 Å². The van der Waals surface area contributed by atoms with E-state index in [9.17, 15) is 27.9 Å². The van der Waals surface area contributed by atoms with Gasteiger partial charge in [-0.2, -0.15) is 13.2 Å². The molecule has 1 aliphatic rings. The molecule has 3 N–H and O–H groups in total. The third-order valence-electron chi connectivity index (χ3n) is 2.84. The molecule has 0 saturated heterocycles. The lowest BCUT2D eigenvalue weighted by atomic mass is 9.97. The number of hydrogen-bond donors (Lipinski definition) is 3. The zero-order chi connectivity index (χ0) is 15.3. The van der Waals surface area contributed by atoms with Gasteiger partial charge in [-0.25, -0.2) is 0 Å². The van der Waals surface area contributed by atoms with E-state index in [1.165, 1.54) is 6.08 Å². The van der Waals surface area contributed by atoms with Gasteiger partial charge in [-0.05, 0) is 12.2 Å². The van der Waals surface area contributed by atoms with Crippen LogP contribution < -0.4 is 10.9 Å². The fraction of sp³-hybridized carbons (Fsp3) is 0.300. The minimum Gasteiger partial charge on any atom is -0.368 e. The average Bonchev–Trinajstić information content (AvgIpc) is 2.58. The molecule has 20 heavy (non-hydrogen) atoms. The van der Waals surface area contributed by atoms with Gasteiger partial charge in [-0.15, -0.1) is 6.58 Å². The quantitative estimate of drug-likeness (QED) is 0.557. The smallest absolute Gasteiger partial charge is 0.368 e. The summed E-state index contributed by atoms with van der Waals surface area (Å²) in [5.41, 5.74) is -6.30. The molecule has 0 aromatic carbocycles. The van der Waals surface area contributed by atoms with Crippen molar-refractivity contribution in [2.75, 3.05) is 5.32 Å². The second-order valence-corrected chi connectivity index (χ2v) is 4.43. The SMILES string of the molecule is C=CCn1c2c(c(=O)[nH]c1=S)C(O)(C(F)(F)F)C(=O)N2. The number of nitrogens with zero attached hydrogens (tertiary/aromatic N) is 1. The maximum atomic E-state index is 13.0. The van der Waals surface area contributed by atoms with E-state index in [0.717, 1.165) is 4.57 Å². The van der Waals surface area contributed by atoms with Crippen molar-refractivity contribution in [2.24, 2.45) is 0 Å². The molecule has 1 aromatic rings. The standard InChI is InChI=1S/C10H8F3N3O3S/c1-2-3-16-5-4(6(17)15-8(16)20)9(19,7(18)14-5)10(11,12)13/h2,19H,1,3H2,(H,14,18)(H,15,17,20). The van der Waals surface area contributed by atoms with Crippen LogP contribution in [0.5, 0.6) is 0 Å². The van der Waals surface area contributed by atoms with Gasteiger partial charge in [0.2, 0.25) is 0 Å². The molecule has 0 spiro atoms. The Balaban J connectivity index is 2.88. The van der Waals surface area contributed by atoms with Gasteiger partial charge < -0.3 is 15.0 Å². The first kappa shape index (κ1) is 14.5. The summed E-state index contributed by atoms with van der Waals surface area (Å²) in [6.07, 6.45) is -4.03. The van der Waals surface area contributed by atoms with Gasteiger partial charge in [0.05, 0.1) is 0 Å². The maximum absolute atomic E-state index is 13.0. The lowest BCUT2D eigenvalue weighted by molar-refractivity contribution is -0.252. The van der Waals surface area contributed by atoms with Gasteiger partial charge in [0.1, 0.15) is 11.4 Å². The Hall–Kier alpha value is -1.94. The minimum absolute atomic E-state index is 0.0494. The second kappa shape index (κ2) is 4.28. The number of halogens is 3. The molecular weight excluding hydrogens is 299 g/mol. The third kappa shape index (κ3) is 1.72. The summed E-state index contributed by atoms with van der Waals surface area (Å²) >= 11 is 4.80. The third-order valence-corrected chi connectivity index (χ3v) is 3.17. The molecule has 1 amide bonds. The topological polar surface area (TPSA) is 87.1 Å². The van der Waals surface area contributed by atoms with E-state index < -0.39 is 34.6 Å². The number of anilines is 1. The molecule has 1 atom stereocenters. The van der Waals surface area contributed by atoms with Crippen molar-refractivity contribution in [1.82, 2.24) is 9.55 Å². The Morgan fingerprint density at radius 1 is 1.45 bits per heavy atom. The number of aliphatic hydroxyl groups is 1. The normalized spacial score (nSPS) is 21.5. The van der Waals surface area contributed by atoms with Crippen LogP contribution in [0.15, 0.2) is 17.4 Å². The lowest BCUT2D eigenvalue weighted by Crippen LogP contribution is -2.50. The molecule has 10 heteroatoms. The van der Waals surface area contributed by atoms with Crippen molar-refractivity contribution < 1.29 is 23.1 Å². The predicted octanol–water partition coefficient (Wildman–Crippen LogP) is 0.794. The van der Waals surface area contributed by atoms with Gasteiger partial charge in [-0.3, -0.25) is 14.6 Å².